The van der Waals surface area contributed by atoms with Crippen LogP contribution in [0, 0.1) is 0 Å². The fraction of sp³-hybridized carbons (Fsp3) is 0.462. The van der Waals surface area contributed by atoms with Crippen molar-refractivity contribution in [1.82, 2.24) is 5.32 Å². The van der Waals surface area contributed by atoms with Crippen molar-refractivity contribution in [1.29, 1.82) is 0 Å². The van der Waals surface area contributed by atoms with Crippen molar-refractivity contribution >= 4 is 47.9 Å². The first-order valence-corrected chi connectivity index (χ1v) is 42.4. The van der Waals surface area contributed by atoms with Crippen LogP contribution in [0.3, 0.4) is 0 Å². The average Bonchev–Trinajstić information content (AvgIpc) is 0.751. The molecule has 0 bridgehead atoms. The van der Waals surface area contributed by atoms with Crippen LogP contribution in [-0.4, -0.2) is 242 Å². The third-order valence-electron chi connectivity index (χ3n) is 21.7. The molecule has 0 aliphatic carbocycles. The molecule has 0 aromatic heterocycles. The molecule has 7 aromatic rings. The molecular formula is C93H105N7O32. The first-order valence-electron chi connectivity index (χ1n) is 42.4. The van der Waals surface area contributed by atoms with Crippen LogP contribution in [0.2, 0.25) is 0 Å². The van der Waals surface area contributed by atoms with E-state index < -0.39 is 221 Å². The summed E-state index contributed by atoms with van der Waals surface area (Å²) in [5.41, 5.74) is 25.8. The van der Waals surface area contributed by atoms with Crippen molar-refractivity contribution in [2.75, 3.05) is 41.2 Å². The fourth-order valence-corrected chi connectivity index (χ4v) is 15.6. The van der Waals surface area contributed by atoms with E-state index in [9.17, 15) is 39.8 Å². The second-order valence-electron chi connectivity index (χ2n) is 30.9. The van der Waals surface area contributed by atoms with Crippen LogP contribution < -0.4 is 5.32 Å². The van der Waals surface area contributed by atoms with Gasteiger partial charge >= 0.3 is 47.9 Å². The Morgan fingerprint density at radius 1 is 0.311 bits per heavy atom. The fourth-order valence-electron chi connectivity index (χ4n) is 15.6. The number of carbonyl (C=O) groups is 8. The molecule has 5 fully saturated rings. The van der Waals surface area contributed by atoms with E-state index in [1.807, 2.05) is 36.4 Å². The summed E-state index contributed by atoms with van der Waals surface area (Å²) in [6, 6.07) is 56.7. The lowest BCUT2D eigenvalue weighted by atomic mass is 9.93. The van der Waals surface area contributed by atoms with Crippen LogP contribution in [0.5, 0.6) is 0 Å². The van der Waals surface area contributed by atoms with Crippen molar-refractivity contribution < 1.29 is 152 Å². The molecule has 12 rings (SSSR count). The topological polar surface area (TPSA) is 468 Å². The zero-order valence-corrected chi connectivity index (χ0v) is 73.5. The van der Waals surface area contributed by atoms with E-state index >= 15 is 9.59 Å². The summed E-state index contributed by atoms with van der Waals surface area (Å²) in [5.74, 6) is -6.88. The van der Waals surface area contributed by atoms with E-state index in [1.165, 1.54) is 14.0 Å². The molecule has 39 heteroatoms. The average molecular weight is 1830 g/mol. The Balaban J connectivity index is 0.948. The van der Waals surface area contributed by atoms with E-state index in [0.29, 0.717) is 38.9 Å². The Morgan fingerprint density at radius 2 is 0.606 bits per heavy atom. The van der Waals surface area contributed by atoms with Crippen LogP contribution in [0.15, 0.2) is 223 Å². The van der Waals surface area contributed by atoms with Gasteiger partial charge in [0.1, 0.15) is 130 Å². The van der Waals surface area contributed by atoms with Crippen LogP contribution >= 0.6 is 0 Å². The molecule has 132 heavy (non-hydrogen) atoms. The minimum Gasteiger partial charge on any atom is -0.467 e. The molecule has 5 saturated heterocycles. The quantitative estimate of drug-likeness (QED) is 0.0122. The summed E-state index contributed by atoms with van der Waals surface area (Å²) in [7, 11) is 3.34. The molecule has 25 atom stereocenters. The largest absolute Gasteiger partial charge is 0.467 e. The number of alkyl carbamates (subject to hydrolysis) is 1. The van der Waals surface area contributed by atoms with Crippen molar-refractivity contribution in [3.63, 3.8) is 0 Å². The number of methoxy groups -OCH3 is 3. The second-order valence-corrected chi connectivity index (χ2v) is 30.9. The molecule has 0 saturated carbocycles. The molecule has 1 unspecified atom stereocenters. The highest BCUT2D eigenvalue weighted by Gasteiger charge is 2.62. The van der Waals surface area contributed by atoms with E-state index in [1.54, 1.807) is 176 Å². The number of esters is 7. The summed E-state index contributed by atoms with van der Waals surface area (Å²) in [4.78, 5) is 118. The Kier molecular flexibility index (Phi) is 37.6. The van der Waals surface area contributed by atoms with Gasteiger partial charge in [-0.05, 0) is 50.0 Å². The number of azide groups is 2. The lowest BCUT2D eigenvalue weighted by Crippen LogP contribution is -2.70. The second kappa shape index (κ2) is 50.1. The maximum atomic E-state index is 15.2. The number of hydrogen-bond acceptors (Lipinski definition) is 34. The predicted octanol–water partition coefficient (Wildman–Crippen LogP) is 9.86. The van der Waals surface area contributed by atoms with Crippen LogP contribution in [0.25, 0.3) is 20.9 Å². The Labute approximate surface area is 759 Å². The highest BCUT2D eigenvalue weighted by molar-refractivity contribution is 5.76. The van der Waals surface area contributed by atoms with E-state index in [-0.39, 0.29) is 46.2 Å². The number of benzene rings is 7. The normalized spacial score (nSPS) is 28.5. The lowest BCUT2D eigenvalue weighted by Gasteiger charge is -2.51. The Bertz CT molecular complexity index is 4930. The molecule has 1 N–H and O–H groups in total. The molecule has 0 radical (unpaired) electrons. The van der Waals surface area contributed by atoms with Gasteiger partial charge in [-0.3, -0.25) is 24.0 Å². The maximum Gasteiger partial charge on any atom is 0.407 e. The van der Waals surface area contributed by atoms with E-state index in [0.717, 1.165) is 41.9 Å². The molecule has 704 valence electrons. The van der Waals surface area contributed by atoms with Crippen LogP contribution in [0.1, 0.15) is 73.6 Å². The number of rotatable bonds is 42. The van der Waals surface area contributed by atoms with Crippen molar-refractivity contribution in [2.45, 2.75) is 234 Å². The van der Waals surface area contributed by atoms with Gasteiger partial charge in [0.05, 0.1) is 53.9 Å². The third kappa shape index (κ3) is 27.6. The molecule has 7 aromatic carbocycles. The summed E-state index contributed by atoms with van der Waals surface area (Å²) in [5, 5.41) is 11.2. The molecular weight excluding hydrogens is 1730 g/mol. The molecule has 39 nitrogen and oxygen atoms in total. The Hall–Kier alpha value is -11.9. The minimum absolute atomic E-state index is 0.0534. The molecule has 5 heterocycles. The third-order valence-corrected chi connectivity index (χ3v) is 21.7. The number of ether oxygens (including phenoxy) is 24. The van der Waals surface area contributed by atoms with Gasteiger partial charge in [0.2, 0.25) is 0 Å². The number of hydrogen-bond donors (Lipinski definition) is 1. The van der Waals surface area contributed by atoms with Gasteiger partial charge in [0.15, 0.2) is 49.8 Å². The lowest BCUT2D eigenvalue weighted by molar-refractivity contribution is -0.382. The minimum atomic E-state index is -2.17. The van der Waals surface area contributed by atoms with Crippen LogP contribution in [-0.2, 0) is 193 Å². The Morgan fingerprint density at radius 3 is 0.962 bits per heavy atom. The molecule has 1 amide bonds. The smallest absolute Gasteiger partial charge is 0.407 e. The van der Waals surface area contributed by atoms with Gasteiger partial charge in [-0.25, -0.2) is 14.4 Å². The number of carbonyl (C=O) groups excluding carboxylic acids is 8. The van der Waals surface area contributed by atoms with Gasteiger partial charge in [-0.15, -0.1) is 0 Å². The highest BCUT2D eigenvalue weighted by Crippen LogP contribution is 2.43. The maximum absolute atomic E-state index is 15.2. The molecule has 0 spiro atoms. The summed E-state index contributed by atoms with van der Waals surface area (Å²) in [6.07, 6.45) is -40.0. The zero-order valence-electron chi connectivity index (χ0n) is 73.5. The molecule has 5 aliphatic rings. The highest BCUT2D eigenvalue weighted by atomic mass is 16.8. The number of amides is 1. The molecule has 5 aliphatic heterocycles. The van der Waals surface area contributed by atoms with Crippen molar-refractivity contribution in [3.8, 4) is 0 Å². The van der Waals surface area contributed by atoms with Crippen molar-refractivity contribution in [2.24, 2.45) is 10.2 Å². The van der Waals surface area contributed by atoms with Gasteiger partial charge < -0.3 is 119 Å². The zero-order chi connectivity index (χ0) is 93.4. The summed E-state index contributed by atoms with van der Waals surface area (Å²) < 4.78 is 155. The first-order chi connectivity index (χ1) is 64.1. The number of nitrogens with zero attached hydrogens (tertiary/aromatic N) is 6. The van der Waals surface area contributed by atoms with Crippen LogP contribution in [0.4, 0.5) is 4.79 Å². The monoisotopic (exact) mass is 1830 g/mol. The number of nitrogens with one attached hydrogen (secondary N) is 1. The van der Waals surface area contributed by atoms with Gasteiger partial charge in [0.25, 0.3) is 0 Å². The first kappa shape index (κ1) is 99.1. The van der Waals surface area contributed by atoms with E-state index in [2.05, 4.69) is 25.4 Å². The van der Waals surface area contributed by atoms with Gasteiger partial charge in [0, 0.05) is 51.6 Å². The summed E-state index contributed by atoms with van der Waals surface area (Å²) in [6.45, 7) is 1.96. The van der Waals surface area contributed by atoms with Gasteiger partial charge in [-0.2, -0.15) is 0 Å². The standard InChI is InChI=1S/C93H105N7O32/c1-54(101)112-51-66-72(115-44-59-30-16-9-17-31-59)76(117-46-61-34-20-11-21-35-61)70(97-99-94)89(125-66)129-80-78(118-47-62-36-22-12-23-37-62)84(120-49-64-40-26-14-27-41-64)91(131-82(80)86(106)109-6)128-74-68(53-114-56(3)103)126-90(71(98-100-95)77(74)122-57(4)104)130-81-79(119-48-63-38-24-13-25-39-63)85(123-58(5)105)92(132-83(81)87(107)110-7)127-73-67(52-113-55(2)102)124-88(111-8)69(75(73)116-45-60-32-18-10-19-33-60)96-93(108)121-50-65-42-28-15-29-43-65/h9-43,66-85,88-92H,44-53H2,1-8H3,(H,96,108)/t66-,67-,68-,69-,70-,71-,72-,73-,74?,75-,76-,77-,78+,79+,80+,81+,82+,83-,84-,85-,88+,89-,90-,91-,92-/m1/s1. The van der Waals surface area contributed by atoms with E-state index in [4.69, 9.17) is 114 Å². The van der Waals surface area contributed by atoms with Crippen molar-refractivity contribution in [3.05, 3.63) is 272 Å². The van der Waals surface area contributed by atoms with Gasteiger partial charge in [-0.1, -0.05) is 223 Å². The summed E-state index contributed by atoms with van der Waals surface area (Å²) >= 11 is 0. The predicted molar refractivity (Wildman–Crippen MR) is 454 cm³/mol. The SMILES string of the molecule is COC(=O)[C@H]1O[C@@H](OC2[C@@H](COC(C)=O)O[C@H](O[C@H]3[C@H](OCc4ccccc4)[C@@H](OC(C)=O)[C@H](O[C@H]4[C@H](OCc5ccccc5)[C@@H](NC(=O)OCc5ccccc5)[C@@H](OC)O[C@@H]4COC(C)=O)O[C@H]3C(=O)OC)[C@H](N=[N+]=[N-])[C@H]2OC(C)=O)[C@H](OCc2ccccc2)[C@@H](OCc2ccccc2)[C@@H]1O[C@H]1O[C@H](COC(C)=O)[C@@H](OCc2ccccc2)[C@H](OCc2ccccc2)[C@H]1N=[N+]=[N-].